The maximum Gasteiger partial charge on any atom is 0.252 e. The Bertz CT molecular complexity index is 1250. The molecule has 0 saturated carbocycles. The fourth-order valence-electron chi connectivity index (χ4n) is 3.35. The van der Waals surface area contributed by atoms with E-state index in [0.717, 1.165) is 11.3 Å². The van der Waals surface area contributed by atoms with Gasteiger partial charge >= 0.3 is 0 Å². The number of benzene rings is 2. The standard InChI is InChI=1S/C26H31N3O4S/c1-18-12-13-23(34(31,32)29-26(3,4)5)16-24(18)25(30)28-19(2)20-9-8-11-22(15-20)33-17-21-10-6-7-14-27-21/h6-16,19,29H,17H2,1-5H3,(H,28,30). The van der Waals surface area contributed by atoms with Crippen molar-refractivity contribution < 1.29 is 17.9 Å². The number of rotatable bonds is 8. The number of sulfonamides is 1. The van der Waals surface area contributed by atoms with E-state index in [9.17, 15) is 13.2 Å². The SMILES string of the molecule is Cc1ccc(S(=O)(=O)NC(C)(C)C)cc1C(=O)NC(C)c1cccc(OCc2ccccn2)c1. The van der Waals surface area contributed by atoms with Gasteiger partial charge in [0.15, 0.2) is 0 Å². The third-order valence-electron chi connectivity index (χ3n) is 5.02. The summed E-state index contributed by atoms with van der Waals surface area (Å²) in [6.45, 7) is 9.28. The van der Waals surface area contributed by atoms with E-state index >= 15 is 0 Å². The lowest BCUT2D eigenvalue weighted by Crippen LogP contribution is -2.40. The highest BCUT2D eigenvalue weighted by molar-refractivity contribution is 7.89. The molecule has 0 aliphatic rings. The van der Waals surface area contributed by atoms with E-state index in [1.165, 1.54) is 12.1 Å². The number of aryl methyl sites for hydroxylation is 1. The molecule has 0 aliphatic carbocycles. The van der Waals surface area contributed by atoms with Crippen molar-refractivity contribution >= 4 is 15.9 Å². The number of carbonyl (C=O) groups is 1. The van der Waals surface area contributed by atoms with E-state index < -0.39 is 15.6 Å². The van der Waals surface area contributed by atoms with Gasteiger partial charge in [-0.2, -0.15) is 0 Å². The lowest BCUT2D eigenvalue weighted by atomic mass is 10.1. The number of ether oxygens (including phenoxy) is 1. The summed E-state index contributed by atoms with van der Waals surface area (Å²) >= 11 is 0. The van der Waals surface area contributed by atoms with Gasteiger partial charge in [-0.25, -0.2) is 13.1 Å². The highest BCUT2D eigenvalue weighted by Crippen LogP contribution is 2.22. The number of hydrogen-bond acceptors (Lipinski definition) is 5. The molecule has 3 rings (SSSR count). The summed E-state index contributed by atoms with van der Waals surface area (Å²) in [5.41, 5.74) is 2.05. The highest BCUT2D eigenvalue weighted by Gasteiger charge is 2.24. The molecule has 2 N–H and O–H groups in total. The van der Waals surface area contributed by atoms with Crippen LogP contribution in [0.25, 0.3) is 0 Å². The van der Waals surface area contributed by atoms with Crippen LogP contribution in [0.2, 0.25) is 0 Å². The minimum atomic E-state index is -3.76. The number of carbonyl (C=O) groups excluding carboxylic acids is 1. The monoisotopic (exact) mass is 481 g/mol. The number of hydrogen-bond donors (Lipinski definition) is 2. The summed E-state index contributed by atoms with van der Waals surface area (Å²) in [6, 6.07) is 17.4. The van der Waals surface area contributed by atoms with E-state index in [0.29, 0.717) is 23.5 Å². The molecule has 0 saturated heterocycles. The van der Waals surface area contributed by atoms with Crippen LogP contribution in [0.1, 0.15) is 60.9 Å². The second-order valence-corrected chi connectivity index (χ2v) is 10.9. The molecule has 34 heavy (non-hydrogen) atoms. The van der Waals surface area contributed by atoms with Gasteiger partial charge in [-0.1, -0.05) is 24.3 Å². The zero-order valence-electron chi connectivity index (χ0n) is 20.1. The maximum absolute atomic E-state index is 13.0. The van der Waals surface area contributed by atoms with Crippen molar-refractivity contribution in [3.8, 4) is 5.75 Å². The predicted octanol–water partition coefficient (Wildman–Crippen LogP) is 4.54. The van der Waals surface area contributed by atoms with Crippen LogP contribution in [-0.2, 0) is 16.6 Å². The molecular formula is C26H31N3O4S. The molecule has 0 spiro atoms. The van der Waals surface area contributed by atoms with Crippen molar-refractivity contribution in [1.29, 1.82) is 0 Å². The number of nitrogens with one attached hydrogen (secondary N) is 2. The minimum Gasteiger partial charge on any atom is -0.487 e. The molecule has 0 radical (unpaired) electrons. The van der Waals surface area contributed by atoms with Gasteiger partial charge in [-0.15, -0.1) is 0 Å². The van der Waals surface area contributed by atoms with E-state index in [1.807, 2.05) is 49.4 Å². The number of pyridine rings is 1. The van der Waals surface area contributed by atoms with Crippen LogP contribution in [0.5, 0.6) is 5.75 Å². The third kappa shape index (κ3) is 6.88. The Morgan fingerprint density at radius 3 is 2.50 bits per heavy atom. The van der Waals surface area contributed by atoms with Crippen molar-refractivity contribution in [2.24, 2.45) is 0 Å². The molecule has 7 nitrogen and oxygen atoms in total. The second kappa shape index (κ2) is 10.4. The predicted molar refractivity (Wildman–Crippen MR) is 132 cm³/mol. The van der Waals surface area contributed by atoms with Crippen LogP contribution < -0.4 is 14.8 Å². The van der Waals surface area contributed by atoms with E-state index in [1.54, 1.807) is 40.0 Å². The molecule has 2 aromatic carbocycles. The molecule has 180 valence electrons. The first kappa shape index (κ1) is 25.4. The molecule has 0 bridgehead atoms. The highest BCUT2D eigenvalue weighted by atomic mass is 32.2. The molecule has 3 aromatic rings. The lowest BCUT2D eigenvalue weighted by Gasteiger charge is -2.21. The molecule has 1 aromatic heterocycles. The van der Waals surface area contributed by atoms with Crippen molar-refractivity contribution in [3.63, 3.8) is 0 Å². The zero-order chi connectivity index (χ0) is 24.9. The van der Waals surface area contributed by atoms with Gasteiger partial charge in [0.05, 0.1) is 16.6 Å². The normalized spacial score (nSPS) is 12.7. The van der Waals surface area contributed by atoms with Gasteiger partial charge in [-0.3, -0.25) is 9.78 Å². The largest absolute Gasteiger partial charge is 0.487 e. The van der Waals surface area contributed by atoms with Gasteiger partial charge in [-0.05, 0) is 82.1 Å². The Morgan fingerprint density at radius 2 is 1.82 bits per heavy atom. The van der Waals surface area contributed by atoms with Crippen molar-refractivity contribution in [3.05, 3.63) is 89.2 Å². The quantitative estimate of drug-likeness (QED) is 0.492. The summed E-state index contributed by atoms with van der Waals surface area (Å²) in [5, 5.41) is 2.96. The van der Waals surface area contributed by atoms with Gasteiger partial charge in [0, 0.05) is 17.3 Å². The summed E-state index contributed by atoms with van der Waals surface area (Å²) in [7, 11) is -3.76. The molecule has 8 heteroatoms. The van der Waals surface area contributed by atoms with E-state index in [-0.39, 0.29) is 16.8 Å². The number of nitrogens with zero attached hydrogens (tertiary/aromatic N) is 1. The fourth-order valence-corrected chi connectivity index (χ4v) is 4.79. The van der Waals surface area contributed by atoms with Crippen molar-refractivity contribution in [1.82, 2.24) is 15.0 Å². The lowest BCUT2D eigenvalue weighted by molar-refractivity contribution is 0.0939. The minimum absolute atomic E-state index is 0.0516. The summed E-state index contributed by atoms with van der Waals surface area (Å²) in [6.07, 6.45) is 1.72. The Kier molecular flexibility index (Phi) is 7.74. The van der Waals surface area contributed by atoms with E-state index in [2.05, 4.69) is 15.0 Å². The van der Waals surface area contributed by atoms with Crippen LogP contribution in [-0.4, -0.2) is 24.8 Å². The molecule has 0 aliphatic heterocycles. The Morgan fingerprint density at radius 1 is 1.06 bits per heavy atom. The van der Waals surface area contributed by atoms with Gasteiger partial charge in [0.1, 0.15) is 12.4 Å². The first-order chi connectivity index (χ1) is 15.9. The van der Waals surface area contributed by atoms with Gasteiger partial charge in [0.25, 0.3) is 5.91 Å². The van der Waals surface area contributed by atoms with E-state index in [4.69, 9.17) is 4.74 Å². The zero-order valence-corrected chi connectivity index (χ0v) is 20.9. The Balaban J connectivity index is 1.73. The van der Waals surface area contributed by atoms with Gasteiger partial charge < -0.3 is 10.1 Å². The Hall–Kier alpha value is -3.23. The number of aromatic nitrogens is 1. The second-order valence-electron chi connectivity index (χ2n) is 9.21. The average Bonchev–Trinajstić information content (AvgIpc) is 2.77. The molecule has 1 amide bonds. The first-order valence-electron chi connectivity index (χ1n) is 11.0. The van der Waals surface area contributed by atoms with Crippen LogP contribution in [0.4, 0.5) is 0 Å². The van der Waals surface area contributed by atoms with Crippen LogP contribution >= 0.6 is 0 Å². The molecule has 1 heterocycles. The van der Waals surface area contributed by atoms with Crippen molar-refractivity contribution in [2.75, 3.05) is 0 Å². The first-order valence-corrected chi connectivity index (χ1v) is 12.5. The smallest absolute Gasteiger partial charge is 0.252 e. The van der Waals surface area contributed by atoms with Gasteiger partial charge in [0.2, 0.25) is 10.0 Å². The fraction of sp³-hybridized carbons (Fsp3) is 0.308. The van der Waals surface area contributed by atoms with Crippen LogP contribution in [0.15, 0.2) is 71.8 Å². The summed E-state index contributed by atoms with van der Waals surface area (Å²) in [5.74, 6) is 0.319. The summed E-state index contributed by atoms with van der Waals surface area (Å²) < 4.78 is 33.9. The molecule has 0 fully saturated rings. The average molecular weight is 482 g/mol. The van der Waals surface area contributed by atoms with Crippen LogP contribution in [0, 0.1) is 6.92 Å². The third-order valence-corrected chi connectivity index (χ3v) is 6.78. The molecular weight excluding hydrogens is 450 g/mol. The molecule has 1 atom stereocenters. The topological polar surface area (TPSA) is 97.4 Å². The van der Waals surface area contributed by atoms with Crippen molar-refractivity contribution in [2.45, 2.75) is 57.7 Å². The summed E-state index contributed by atoms with van der Waals surface area (Å²) in [4.78, 5) is 17.3. The molecule has 1 unspecified atom stereocenters. The van der Waals surface area contributed by atoms with Crippen LogP contribution in [0.3, 0.4) is 0 Å². The maximum atomic E-state index is 13.0. The number of amides is 1. The Labute approximate surface area is 201 Å².